The highest BCUT2D eigenvalue weighted by Crippen LogP contribution is 2.31. The smallest absolute Gasteiger partial charge is 0.315 e. The van der Waals surface area contributed by atoms with Crippen LogP contribution in [0.1, 0.15) is 51.9 Å². The molecule has 0 spiro atoms. The second-order valence-corrected chi connectivity index (χ2v) is 5.58. The van der Waals surface area contributed by atoms with Crippen molar-refractivity contribution in [1.82, 2.24) is 10.6 Å². The lowest BCUT2D eigenvalue weighted by molar-refractivity contribution is -0.139. The number of carbonyl (C=O) groups excluding carboxylic acids is 2. The maximum absolute atomic E-state index is 11.9. The molecule has 0 aromatic carbocycles. The second-order valence-electron chi connectivity index (χ2n) is 5.58. The number of hydrogen-bond acceptors (Lipinski definition) is 3. The van der Waals surface area contributed by atoms with Gasteiger partial charge in [-0.3, -0.25) is 9.59 Å². The molecule has 7 heteroatoms. The Morgan fingerprint density at radius 1 is 1.25 bits per heavy atom. The lowest BCUT2D eigenvalue weighted by Crippen LogP contribution is -2.55. The Kier molecular flexibility index (Phi) is 5.79. The summed E-state index contributed by atoms with van der Waals surface area (Å²) in [6.07, 6.45) is 4.18. The molecule has 5 N–H and O–H groups in total. The van der Waals surface area contributed by atoms with Gasteiger partial charge in [-0.2, -0.15) is 0 Å². The van der Waals surface area contributed by atoms with E-state index in [4.69, 9.17) is 10.8 Å². The van der Waals surface area contributed by atoms with Crippen LogP contribution < -0.4 is 16.4 Å². The minimum Gasteiger partial charge on any atom is -0.481 e. The molecule has 7 nitrogen and oxygen atoms in total. The lowest BCUT2D eigenvalue weighted by Gasteiger charge is -2.37. The van der Waals surface area contributed by atoms with Crippen molar-refractivity contribution in [2.45, 2.75) is 63.5 Å². The van der Waals surface area contributed by atoms with Gasteiger partial charge in [0.25, 0.3) is 0 Å². The van der Waals surface area contributed by atoms with E-state index in [0.29, 0.717) is 12.8 Å². The molecular weight excluding hydrogens is 262 g/mol. The van der Waals surface area contributed by atoms with Crippen LogP contribution in [0.25, 0.3) is 0 Å². The van der Waals surface area contributed by atoms with Gasteiger partial charge in [0.05, 0.1) is 12.0 Å². The van der Waals surface area contributed by atoms with E-state index >= 15 is 0 Å². The minimum atomic E-state index is -0.919. The molecule has 0 aromatic heterocycles. The summed E-state index contributed by atoms with van der Waals surface area (Å²) in [4.78, 5) is 33.7. The molecule has 1 unspecified atom stereocenters. The highest BCUT2D eigenvalue weighted by atomic mass is 16.4. The Morgan fingerprint density at radius 2 is 1.85 bits per heavy atom. The molecule has 1 aliphatic rings. The third-order valence-electron chi connectivity index (χ3n) is 3.56. The molecule has 0 radical (unpaired) electrons. The van der Waals surface area contributed by atoms with Gasteiger partial charge in [0.15, 0.2) is 0 Å². The zero-order valence-electron chi connectivity index (χ0n) is 11.8. The fraction of sp³-hybridized carbons (Fsp3) is 0.769. The molecular formula is C13H23N3O4. The van der Waals surface area contributed by atoms with Crippen molar-refractivity contribution >= 4 is 17.9 Å². The number of hydrogen-bond donors (Lipinski definition) is 4. The van der Waals surface area contributed by atoms with E-state index in [0.717, 1.165) is 19.3 Å². The SMILES string of the molecule is CC(CC(N)=O)NC(=O)NC1(CC(=O)O)CCCCC1. The molecule has 1 atom stereocenters. The van der Waals surface area contributed by atoms with Crippen molar-refractivity contribution < 1.29 is 19.5 Å². The number of amides is 3. The molecule has 3 amide bonds. The van der Waals surface area contributed by atoms with Crippen LogP contribution >= 0.6 is 0 Å². The molecule has 0 bridgehead atoms. The lowest BCUT2D eigenvalue weighted by atomic mass is 9.79. The number of aliphatic carboxylic acids is 1. The highest BCUT2D eigenvalue weighted by molar-refractivity contribution is 5.79. The molecule has 0 heterocycles. The minimum absolute atomic E-state index is 0.0549. The molecule has 1 fully saturated rings. The third kappa shape index (κ3) is 5.46. The van der Waals surface area contributed by atoms with Gasteiger partial charge in [-0.05, 0) is 19.8 Å². The van der Waals surface area contributed by atoms with E-state index in [1.54, 1.807) is 6.92 Å². The topological polar surface area (TPSA) is 122 Å². The summed E-state index contributed by atoms with van der Waals surface area (Å²) >= 11 is 0. The Morgan fingerprint density at radius 3 is 2.35 bits per heavy atom. The zero-order valence-corrected chi connectivity index (χ0v) is 11.8. The van der Waals surface area contributed by atoms with Crippen LogP contribution in [0, 0.1) is 0 Å². The summed E-state index contributed by atoms with van der Waals surface area (Å²) < 4.78 is 0. The first-order chi connectivity index (χ1) is 9.33. The Hall–Kier alpha value is -1.79. The molecule has 114 valence electrons. The standard InChI is InChI=1S/C13H23N3O4/c1-9(7-10(14)17)15-12(20)16-13(8-11(18)19)5-3-2-4-6-13/h9H,2-8H2,1H3,(H2,14,17)(H,18,19)(H2,15,16,20). The number of nitrogens with one attached hydrogen (secondary N) is 2. The molecule has 0 saturated heterocycles. The predicted octanol–water partition coefficient (Wildman–Crippen LogP) is 0.727. The number of primary amides is 1. The predicted molar refractivity (Wildman–Crippen MR) is 73.0 cm³/mol. The fourth-order valence-electron chi connectivity index (χ4n) is 2.72. The van der Waals surface area contributed by atoms with Crippen molar-refractivity contribution in [3.05, 3.63) is 0 Å². The number of carboxylic acids is 1. The summed E-state index contributed by atoms with van der Waals surface area (Å²) in [5.74, 6) is -1.41. The molecule has 1 saturated carbocycles. The molecule has 20 heavy (non-hydrogen) atoms. The quantitative estimate of drug-likeness (QED) is 0.574. The van der Waals surface area contributed by atoms with Crippen LogP contribution in [0.3, 0.4) is 0 Å². The van der Waals surface area contributed by atoms with Crippen LogP contribution in [0.4, 0.5) is 4.79 Å². The van der Waals surface area contributed by atoms with Gasteiger partial charge in [-0.25, -0.2) is 4.79 Å². The normalized spacial score (nSPS) is 18.9. The maximum Gasteiger partial charge on any atom is 0.315 e. The van der Waals surface area contributed by atoms with Crippen molar-refractivity contribution in [2.75, 3.05) is 0 Å². The van der Waals surface area contributed by atoms with Crippen molar-refractivity contribution in [3.8, 4) is 0 Å². The first-order valence-electron chi connectivity index (χ1n) is 6.92. The van der Waals surface area contributed by atoms with Crippen molar-refractivity contribution in [2.24, 2.45) is 5.73 Å². The summed E-state index contributed by atoms with van der Waals surface area (Å²) in [6, 6.07) is -0.820. The fourth-order valence-corrected chi connectivity index (χ4v) is 2.72. The van der Waals surface area contributed by atoms with Gasteiger partial charge in [0.1, 0.15) is 0 Å². The van der Waals surface area contributed by atoms with E-state index in [2.05, 4.69) is 10.6 Å². The average Bonchev–Trinajstić information content (AvgIpc) is 2.26. The monoisotopic (exact) mass is 285 g/mol. The number of nitrogens with two attached hydrogens (primary N) is 1. The number of urea groups is 1. The molecule has 0 aromatic rings. The number of rotatable bonds is 6. The number of carboxylic acid groups (broad SMARTS) is 1. The molecule has 1 rings (SSSR count). The Bertz CT molecular complexity index is 378. The Labute approximate surface area is 118 Å². The summed E-state index contributed by atoms with van der Waals surface area (Å²) in [5, 5.41) is 14.4. The van der Waals surface area contributed by atoms with Gasteiger partial charge in [0.2, 0.25) is 5.91 Å². The first-order valence-corrected chi connectivity index (χ1v) is 6.92. The van der Waals surface area contributed by atoms with Crippen LogP contribution in [-0.4, -0.2) is 34.6 Å². The third-order valence-corrected chi connectivity index (χ3v) is 3.56. The first kappa shape index (κ1) is 16.3. The number of carbonyl (C=O) groups is 3. The second kappa shape index (κ2) is 7.12. The van der Waals surface area contributed by atoms with Crippen LogP contribution in [-0.2, 0) is 9.59 Å². The van der Waals surface area contributed by atoms with E-state index < -0.39 is 23.4 Å². The highest BCUT2D eigenvalue weighted by Gasteiger charge is 2.36. The van der Waals surface area contributed by atoms with Crippen LogP contribution in [0.15, 0.2) is 0 Å². The van der Waals surface area contributed by atoms with Gasteiger partial charge < -0.3 is 21.5 Å². The van der Waals surface area contributed by atoms with Crippen LogP contribution in [0.5, 0.6) is 0 Å². The summed E-state index contributed by atoms with van der Waals surface area (Å²) in [6.45, 7) is 1.68. The van der Waals surface area contributed by atoms with Gasteiger partial charge >= 0.3 is 12.0 Å². The van der Waals surface area contributed by atoms with Gasteiger partial charge in [-0.15, -0.1) is 0 Å². The maximum atomic E-state index is 11.9. The van der Waals surface area contributed by atoms with E-state index in [1.165, 1.54) is 0 Å². The largest absolute Gasteiger partial charge is 0.481 e. The van der Waals surface area contributed by atoms with Crippen molar-refractivity contribution in [3.63, 3.8) is 0 Å². The van der Waals surface area contributed by atoms with E-state index in [1.807, 2.05) is 0 Å². The molecule has 1 aliphatic carbocycles. The van der Waals surface area contributed by atoms with Crippen molar-refractivity contribution in [1.29, 1.82) is 0 Å². The molecule has 0 aliphatic heterocycles. The van der Waals surface area contributed by atoms with Gasteiger partial charge in [0, 0.05) is 12.5 Å². The van der Waals surface area contributed by atoms with Gasteiger partial charge in [-0.1, -0.05) is 19.3 Å². The summed E-state index contributed by atoms with van der Waals surface area (Å²) in [7, 11) is 0. The van der Waals surface area contributed by atoms with Crippen LogP contribution in [0.2, 0.25) is 0 Å². The van der Waals surface area contributed by atoms with E-state index in [9.17, 15) is 14.4 Å². The zero-order chi connectivity index (χ0) is 15.2. The van der Waals surface area contributed by atoms with E-state index in [-0.39, 0.29) is 18.9 Å². The Balaban J connectivity index is 2.58. The summed E-state index contributed by atoms with van der Waals surface area (Å²) in [5.41, 5.74) is 4.38. The average molecular weight is 285 g/mol.